The van der Waals surface area contributed by atoms with Crippen molar-refractivity contribution in [3.05, 3.63) is 115 Å². The number of anilines is 2. The molecule has 4 aromatic carbocycles. The summed E-state index contributed by atoms with van der Waals surface area (Å²) in [6.45, 7) is 2.78. The number of fused-ring (bicyclic) bond motifs is 7. The molecule has 0 saturated heterocycles. The first-order chi connectivity index (χ1) is 24.4. The fourth-order valence-electron chi connectivity index (χ4n) is 6.77. The number of benzene rings is 4. The highest BCUT2D eigenvalue weighted by molar-refractivity contribution is 7.36. The maximum absolute atomic E-state index is 13.2. The molecule has 0 fully saturated rings. The number of nitriles is 1. The zero-order valence-corrected chi connectivity index (χ0v) is 29.1. The Morgan fingerprint density at radius 1 is 0.900 bits per heavy atom. The van der Waals surface area contributed by atoms with Gasteiger partial charge in [0.25, 0.3) is 12.0 Å². The van der Waals surface area contributed by atoms with Crippen molar-refractivity contribution in [3.8, 4) is 17.2 Å². The number of carbonyl (C=O) groups is 2. The molecule has 7 aromatic rings. The number of aromatic nitrogens is 1. The SMILES string of the molecule is CCN1c2ccccc2CCc2cc(-c3ccc4sc5c6cc(/C=c7/s/c(=C(\C#N)C(=O)O)n(COC=O)c7=O)ccc6sc5c4c3)ccc21. The van der Waals surface area contributed by atoms with Gasteiger partial charge < -0.3 is 14.7 Å². The maximum Gasteiger partial charge on any atom is 0.349 e. The van der Waals surface area contributed by atoms with Crippen molar-refractivity contribution in [1.29, 1.82) is 5.26 Å². The van der Waals surface area contributed by atoms with E-state index in [9.17, 15) is 24.8 Å². The molecule has 0 atom stereocenters. The third kappa shape index (κ3) is 5.29. The van der Waals surface area contributed by atoms with E-state index in [0.717, 1.165) is 50.9 Å². The second kappa shape index (κ2) is 12.7. The Morgan fingerprint density at radius 2 is 1.58 bits per heavy atom. The van der Waals surface area contributed by atoms with Gasteiger partial charge in [0.15, 0.2) is 12.3 Å². The monoisotopic (exact) mass is 713 g/mol. The van der Waals surface area contributed by atoms with E-state index in [-0.39, 0.29) is 15.7 Å². The number of carboxylic acids is 1. The lowest BCUT2D eigenvalue weighted by Gasteiger charge is -2.25. The van der Waals surface area contributed by atoms with E-state index in [2.05, 4.69) is 72.5 Å². The Bertz CT molecular complexity index is 2760. The number of hydrogen-bond donors (Lipinski definition) is 1. The molecule has 8 nitrogen and oxygen atoms in total. The van der Waals surface area contributed by atoms with Crippen LogP contribution in [0.25, 0.3) is 52.3 Å². The number of thiophene rings is 2. The maximum atomic E-state index is 13.2. The summed E-state index contributed by atoms with van der Waals surface area (Å²) in [4.78, 5) is 38.2. The largest absolute Gasteiger partial charge is 0.477 e. The van der Waals surface area contributed by atoms with E-state index in [1.54, 1.807) is 34.8 Å². The number of aliphatic carboxylic acids is 1. The molecule has 8 rings (SSSR count). The standard InChI is InChI=1S/C39H27N3O5S3/c1-2-41-30-6-4-3-5-23(30)8-9-26-17-24(10-12-31(26)41)25-11-14-33-28(18-25)36-35(49-33)27-15-22(7-13-32(27)48-36)16-34-37(44)42(20-47-21-43)38(50-34)29(19-40)39(45)46/h3-7,10-18,21H,2,8-9,20H2,1H3,(H,45,46)/b34-16+,38-29+. The van der Waals surface area contributed by atoms with Crippen molar-refractivity contribution in [2.75, 3.05) is 11.4 Å². The first kappa shape index (κ1) is 31.7. The zero-order valence-electron chi connectivity index (χ0n) is 26.6. The van der Waals surface area contributed by atoms with E-state index in [1.165, 1.54) is 53.1 Å². The topological polar surface area (TPSA) is 113 Å². The minimum absolute atomic E-state index is 0.0836. The van der Waals surface area contributed by atoms with Crippen LogP contribution in [0.3, 0.4) is 0 Å². The molecule has 3 aromatic heterocycles. The Kier molecular flexibility index (Phi) is 8.07. The van der Waals surface area contributed by atoms with Crippen LogP contribution in [0.5, 0.6) is 0 Å². The van der Waals surface area contributed by atoms with Gasteiger partial charge >= 0.3 is 5.97 Å². The predicted octanol–water partition coefficient (Wildman–Crippen LogP) is 7.13. The molecule has 1 aliphatic heterocycles. The Morgan fingerprint density at radius 3 is 2.32 bits per heavy atom. The average molecular weight is 714 g/mol. The molecule has 0 saturated carbocycles. The molecule has 11 heteroatoms. The minimum atomic E-state index is -1.47. The molecule has 246 valence electrons. The first-order valence-electron chi connectivity index (χ1n) is 15.9. The Hall–Kier alpha value is -5.54. The smallest absolute Gasteiger partial charge is 0.349 e. The molecule has 50 heavy (non-hydrogen) atoms. The predicted molar refractivity (Wildman–Crippen MR) is 202 cm³/mol. The van der Waals surface area contributed by atoms with Crippen LogP contribution in [0, 0.1) is 11.3 Å². The van der Waals surface area contributed by atoms with E-state index < -0.39 is 23.8 Å². The summed E-state index contributed by atoms with van der Waals surface area (Å²) in [6, 6.07) is 29.9. The van der Waals surface area contributed by atoms with Crippen LogP contribution in [0.15, 0.2) is 83.7 Å². The van der Waals surface area contributed by atoms with Crippen LogP contribution in [-0.4, -0.2) is 28.7 Å². The van der Waals surface area contributed by atoms with E-state index in [4.69, 9.17) is 4.74 Å². The van der Waals surface area contributed by atoms with Gasteiger partial charge in [-0.05, 0) is 96.1 Å². The van der Waals surface area contributed by atoms with E-state index in [1.807, 2.05) is 18.2 Å². The number of rotatable bonds is 7. The first-order valence-corrected chi connectivity index (χ1v) is 18.3. The summed E-state index contributed by atoms with van der Waals surface area (Å²) >= 11 is 4.36. The van der Waals surface area contributed by atoms with Gasteiger partial charge in [-0.15, -0.1) is 34.0 Å². The van der Waals surface area contributed by atoms with Crippen molar-refractivity contribution >= 4 is 99.0 Å². The molecule has 0 amide bonds. The molecule has 1 N–H and O–H groups in total. The summed E-state index contributed by atoms with van der Waals surface area (Å²) in [7, 11) is 0. The van der Waals surface area contributed by atoms with Crippen LogP contribution in [0.1, 0.15) is 23.6 Å². The number of aryl methyl sites for hydroxylation is 2. The number of hydrogen-bond acceptors (Lipinski definition) is 9. The number of nitrogens with zero attached hydrogens (tertiary/aromatic N) is 3. The second-order valence-corrected chi connectivity index (χ2v) is 15.0. The number of ether oxygens (including phenoxy) is 1. The fourth-order valence-corrected chi connectivity index (χ4v) is 10.4. The Labute approximate surface area is 297 Å². The van der Waals surface area contributed by atoms with Gasteiger partial charge in [-0.3, -0.25) is 14.2 Å². The summed E-state index contributed by atoms with van der Waals surface area (Å²) in [5, 5.41) is 21.2. The van der Waals surface area contributed by atoms with Crippen LogP contribution in [0.2, 0.25) is 0 Å². The molecular weight excluding hydrogens is 687 g/mol. The molecular formula is C39H27N3O5S3. The van der Waals surface area contributed by atoms with Gasteiger partial charge in [0.2, 0.25) is 0 Å². The van der Waals surface area contributed by atoms with Crippen LogP contribution in [-0.2, 0) is 33.9 Å². The summed E-state index contributed by atoms with van der Waals surface area (Å²) < 4.78 is 10.6. The van der Waals surface area contributed by atoms with Crippen molar-refractivity contribution in [2.24, 2.45) is 0 Å². The molecule has 0 bridgehead atoms. The highest BCUT2D eigenvalue weighted by Crippen LogP contribution is 2.46. The number of thiazole rings is 1. The normalized spacial score (nSPS) is 13.6. The van der Waals surface area contributed by atoms with Gasteiger partial charge in [0.05, 0.1) is 13.9 Å². The van der Waals surface area contributed by atoms with Crippen LogP contribution in [0.4, 0.5) is 11.4 Å². The Balaban J connectivity index is 1.20. The minimum Gasteiger partial charge on any atom is -0.477 e. The van der Waals surface area contributed by atoms with Crippen molar-refractivity contribution in [2.45, 2.75) is 26.5 Å². The summed E-state index contributed by atoms with van der Waals surface area (Å²) in [5.74, 6) is -1.47. The van der Waals surface area contributed by atoms with Crippen LogP contribution < -0.4 is 19.7 Å². The highest BCUT2D eigenvalue weighted by atomic mass is 32.1. The lowest BCUT2D eigenvalue weighted by Crippen LogP contribution is -2.33. The molecule has 0 unspecified atom stereocenters. The molecule has 4 heterocycles. The van der Waals surface area contributed by atoms with Gasteiger partial charge in [0, 0.05) is 38.1 Å². The average Bonchev–Trinajstić information content (AvgIpc) is 3.72. The molecule has 0 spiro atoms. The molecule has 0 radical (unpaired) electrons. The quantitative estimate of drug-likeness (QED) is 0.175. The number of carbonyl (C=O) groups excluding carboxylic acids is 1. The number of carboxylic acid groups (broad SMARTS) is 1. The molecule has 1 aliphatic rings. The van der Waals surface area contributed by atoms with Gasteiger partial charge in [-0.1, -0.05) is 36.4 Å². The number of para-hydroxylation sites is 1. The zero-order chi connectivity index (χ0) is 34.5. The lowest BCUT2D eigenvalue weighted by atomic mass is 9.98. The van der Waals surface area contributed by atoms with Gasteiger partial charge in [0.1, 0.15) is 10.7 Å². The van der Waals surface area contributed by atoms with E-state index >= 15 is 0 Å². The van der Waals surface area contributed by atoms with Crippen molar-refractivity contribution < 1.29 is 19.4 Å². The lowest BCUT2D eigenvalue weighted by molar-refractivity contribution is -0.132. The third-order valence-electron chi connectivity index (χ3n) is 9.09. The van der Waals surface area contributed by atoms with Gasteiger partial charge in [-0.25, -0.2) is 4.79 Å². The summed E-state index contributed by atoms with van der Waals surface area (Å²) in [5.41, 5.74) is 7.29. The fraction of sp³-hybridized carbons (Fsp3) is 0.128. The van der Waals surface area contributed by atoms with E-state index in [0.29, 0.717) is 0 Å². The summed E-state index contributed by atoms with van der Waals surface area (Å²) in [6.07, 6.45) is 3.67. The van der Waals surface area contributed by atoms with Gasteiger partial charge in [-0.2, -0.15) is 5.26 Å². The third-order valence-corrected chi connectivity index (χ3v) is 12.8. The van der Waals surface area contributed by atoms with Crippen LogP contribution >= 0.6 is 34.0 Å². The van der Waals surface area contributed by atoms with Crippen molar-refractivity contribution in [1.82, 2.24) is 4.57 Å². The second-order valence-electron chi connectivity index (χ2n) is 11.9. The molecule has 0 aliphatic carbocycles. The van der Waals surface area contributed by atoms with Crippen molar-refractivity contribution in [3.63, 3.8) is 0 Å². The highest BCUT2D eigenvalue weighted by Gasteiger charge is 2.21.